The van der Waals surface area contributed by atoms with E-state index in [1.165, 1.54) is 29.2 Å². The minimum Gasteiger partial charge on any atom is -0.354 e. The lowest BCUT2D eigenvalue weighted by Crippen LogP contribution is -2.51. The van der Waals surface area contributed by atoms with Crippen LogP contribution in [0.3, 0.4) is 0 Å². The zero-order valence-corrected chi connectivity index (χ0v) is 25.5. The van der Waals surface area contributed by atoms with Gasteiger partial charge in [-0.1, -0.05) is 54.7 Å². The number of benzene rings is 3. The van der Waals surface area contributed by atoms with Gasteiger partial charge < -0.3 is 10.2 Å². The summed E-state index contributed by atoms with van der Waals surface area (Å²) in [6, 6.07) is 17.2. The van der Waals surface area contributed by atoms with Crippen LogP contribution in [0.25, 0.3) is 0 Å². The van der Waals surface area contributed by atoms with Crippen molar-refractivity contribution in [3.8, 4) is 0 Å². The van der Waals surface area contributed by atoms with Crippen molar-refractivity contribution >= 4 is 50.7 Å². The van der Waals surface area contributed by atoms with Crippen molar-refractivity contribution in [2.24, 2.45) is 0 Å². The van der Waals surface area contributed by atoms with E-state index in [1.54, 1.807) is 43.3 Å². The molecule has 7 nitrogen and oxygen atoms in total. The van der Waals surface area contributed by atoms with Gasteiger partial charge in [0.1, 0.15) is 12.6 Å². The molecule has 40 heavy (non-hydrogen) atoms. The molecule has 1 N–H and O–H groups in total. The van der Waals surface area contributed by atoms with Gasteiger partial charge in [-0.25, -0.2) is 8.42 Å². The number of nitrogens with one attached hydrogen (secondary N) is 1. The fourth-order valence-corrected chi connectivity index (χ4v) is 5.84. The lowest BCUT2D eigenvalue weighted by Gasteiger charge is -2.32. The third-order valence-electron chi connectivity index (χ3n) is 6.70. The van der Waals surface area contributed by atoms with Gasteiger partial charge in [0.25, 0.3) is 10.0 Å². The number of halogens is 2. The quantitative estimate of drug-likeness (QED) is 0.252. The van der Waals surface area contributed by atoms with E-state index in [4.69, 9.17) is 23.2 Å². The van der Waals surface area contributed by atoms with Gasteiger partial charge >= 0.3 is 0 Å². The molecule has 3 aromatic rings. The number of carbonyl (C=O) groups is 2. The van der Waals surface area contributed by atoms with Crippen LogP contribution in [0.15, 0.2) is 71.6 Å². The normalized spacial score (nSPS) is 12.1. The van der Waals surface area contributed by atoms with Crippen molar-refractivity contribution in [3.05, 3.63) is 93.5 Å². The summed E-state index contributed by atoms with van der Waals surface area (Å²) in [6.07, 6.45) is 1.72. The van der Waals surface area contributed by atoms with E-state index >= 15 is 0 Å². The number of unbranched alkanes of at least 4 members (excludes halogenated alkanes) is 1. The monoisotopic (exact) mass is 603 g/mol. The molecule has 0 saturated heterocycles. The van der Waals surface area contributed by atoms with Gasteiger partial charge in [0.05, 0.1) is 10.6 Å². The zero-order valence-electron chi connectivity index (χ0n) is 23.2. The second kappa shape index (κ2) is 14.0. The number of nitrogens with zero attached hydrogens (tertiary/aromatic N) is 2. The maximum atomic E-state index is 14.0. The largest absolute Gasteiger partial charge is 0.354 e. The van der Waals surface area contributed by atoms with Crippen molar-refractivity contribution in [2.75, 3.05) is 17.4 Å². The Balaban J connectivity index is 2.03. The molecule has 0 aliphatic rings. The Morgan fingerprint density at radius 3 is 2.25 bits per heavy atom. The van der Waals surface area contributed by atoms with Crippen LogP contribution in [0.5, 0.6) is 0 Å². The number of carbonyl (C=O) groups excluding carboxylic acids is 2. The summed E-state index contributed by atoms with van der Waals surface area (Å²) in [4.78, 5) is 28.4. The molecule has 0 aliphatic heterocycles. The van der Waals surface area contributed by atoms with Gasteiger partial charge in [0.2, 0.25) is 11.8 Å². The Morgan fingerprint density at radius 2 is 1.62 bits per heavy atom. The van der Waals surface area contributed by atoms with Crippen LogP contribution in [-0.2, 0) is 26.2 Å². The first kappa shape index (κ1) is 31.5. The first-order chi connectivity index (χ1) is 18.9. The van der Waals surface area contributed by atoms with Crippen LogP contribution < -0.4 is 9.62 Å². The van der Waals surface area contributed by atoms with Gasteiger partial charge in [0, 0.05) is 23.1 Å². The van der Waals surface area contributed by atoms with E-state index < -0.39 is 28.5 Å². The van der Waals surface area contributed by atoms with Gasteiger partial charge in [-0.2, -0.15) is 0 Å². The molecular weight excluding hydrogens is 569 g/mol. The second-order valence-corrected chi connectivity index (χ2v) is 12.4. The summed E-state index contributed by atoms with van der Waals surface area (Å²) >= 11 is 12.2. The molecule has 3 aromatic carbocycles. The lowest BCUT2D eigenvalue weighted by molar-refractivity contribution is -0.139. The van der Waals surface area contributed by atoms with Crippen molar-refractivity contribution in [3.63, 3.8) is 0 Å². The highest BCUT2D eigenvalue weighted by atomic mass is 35.5. The SMILES string of the molecule is CCCCNC(=O)C(C)N(Cc1cccc(Cl)c1)C(=O)CN(c1ccc(C)c(C)c1)S(=O)(=O)c1ccc(Cl)cc1. The number of aryl methyl sites for hydroxylation is 2. The average Bonchev–Trinajstić information content (AvgIpc) is 2.91. The van der Waals surface area contributed by atoms with Crippen LogP contribution in [0, 0.1) is 13.8 Å². The molecule has 2 amide bonds. The molecule has 3 rings (SSSR count). The zero-order chi connectivity index (χ0) is 29.4. The first-order valence-electron chi connectivity index (χ1n) is 13.1. The van der Waals surface area contributed by atoms with Gasteiger partial charge in [-0.3, -0.25) is 13.9 Å². The molecule has 0 saturated carbocycles. The smallest absolute Gasteiger partial charge is 0.264 e. The molecular formula is C30H35Cl2N3O4S. The van der Waals surface area contributed by atoms with Crippen LogP contribution in [0.1, 0.15) is 43.4 Å². The summed E-state index contributed by atoms with van der Waals surface area (Å²) in [6.45, 7) is 7.50. The Morgan fingerprint density at radius 1 is 0.925 bits per heavy atom. The highest BCUT2D eigenvalue weighted by molar-refractivity contribution is 7.92. The fourth-order valence-electron chi connectivity index (χ4n) is 4.09. The third-order valence-corrected chi connectivity index (χ3v) is 8.97. The van der Waals surface area contributed by atoms with Crippen LogP contribution in [-0.4, -0.2) is 44.3 Å². The number of rotatable bonds is 12. The summed E-state index contributed by atoms with van der Waals surface area (Å²) in [7, 11) is -4.17. The number of amides is 2. The summed E-state index contributed by atoms with van der Waals surface area (Å²) in [5.74, 6) is -0.851. The molecule has 0 bridgehead atoms. The lowest BCUT2D eigenvalue weighted by atomic mass is 10.1. The molecule has 214 valence electrons. The fraction of sp³-hybridized carbons (Fsp3) is 0.333. The number of anilines is 1. The van der Waals surface area contributed by atoms with Crippen molar-refractivity contribution in [1.82, 2.24) is 10.2 Å². The summed E-state index contributed by atoms with van der Waals surface area (Å²) in [5.41, 5.74) is 2.92. The molecule has 1 unspecified atom stereocenters. The Hall–Kier alpha value is -3.07. The van der Waals surface area contributed by atoms with Gasteiger partial charge in [-0.15, -0.1) is 0 Å². The van der Waals surface area contributed by atoms with E-state index in [9.17, 15) is 18.0 Å². The highest BCUT2D eigenvalue weighted by Crippen LogP contribution is 2.27. The van der Waals surface area contributed by atoms with Crippen LogP contribution >= 0.6 is 23.2 Å². The minimum absolute atomic E-state index is 0.00493. The molecule has 0 radical (unpaired) electrons. The standard InChI is InChI=1S/C30H35Cl2N3O4S/c1-5-6-16-33-30(37)23(4)34(19-24-8-7-9-26(32)18-24)29(36)20-35(27-13-10-21(2)22(3)17-27)40(38,39)28-14-11-25(31)12-15-28/h7-15,17-18,23H,5-6,16,19-20H2,1-4H3,(H,33,37). The summed E-state index contributed by atoms with van der Waals surface area (Å²) in [5, 5.41) is 3.76. The average molecular weight is 605 g/mol. The van der Waals surface area contributed by atoms with E-state index in [0.717, 1.165) is 28.3 Å². The molecule has 1 atom stereocenters. The van der Waals surface area contributed by atoms with Crippen molar-refractivity contribution < 1.29 is 18.0 Å². The van der Waals surface area contributed by atoms with E-state index in [2.05, 4.69) is 5.32 Å². The second-order valence-electron chi connectivity index (χ2n) is 9.71. The first-order valence-corrected chi connectivity index (χ1v) is 15.3. The molecule has 0 aliphatic carbocycles. The maximum absolute atomic E-state index is 14.0. The van der Waals surface area contributed by atoms with Crippen LogP contribution in [0.2, 0.25) is 10.0 Å². The molecule has 0 fully saturated rings. The van der Waals surface area contributed by atoms with E-state index in [0.29, 0.717) is 27.8 Å². The predicted octanol–water partition coefficient (Wildman–Crippen LogP) is 6.14. The predicted molar refractivity (Wildman–Crippen MR) is 161 cm³/mol. The minimum atomic E-state index is -4.17. The number of hydrogen-bond acceptors (Lipinski definition) is 4. The van der Waals surface area contributed by atoms with Crippen molar-refractivity contribution in [1.29, 1.82) is 0 Å². The van der Waals surface area contributed by atoms with Crippen molar-refractivity contribution in [2.45, 2.75) is 58.0 Å². The Kier molecular flexibility index (Phi) is 11.0. The molecule has 10 heteroatoms. The number of hydrogen-bond donors (Lipinski definition) is 1. The van der Waals surface area contributed by atoms with E-state index in [-0.39, 0.29) is 17.3 Å². The molecule has 0 spiro atoms. The Labute approximate surface area is 247 Å². The van der Waals surface area contributed by atoms with Gasteiger partial charge in [0.15, 0.2) is 0 Å². The molecule has 0 aromatic heterocycles. The summed E-state index contributed by atoms with van der Waals surface area (Å²) < 4.78 is 28.9. The third kappa shape index (κ3) is 7.99. The van der Waals surface area contributed by atoms with Gasteiger partial charge in [-0.05, 0) is 92.4 Å². The Bertz CT molecular complexity index is 1450. The van der Waals surface area contributed by atoms with E-state index in [1.807, 2.05) is 26.8 Å². The molecule has 0 heterocycles. The number of sulfonamides is 1. The highest BCUT2D eigenvalue weighted by Gasteiger charge is 2.32. The topological polar surface area (TPSA) is 86.8 Å². The van der Waals surface area contributed by atoms with Crippen LogP contribution in [0.4, 0.5) is 5.69 Å². The maximum Gasteiger partial charge on any atom is 0.264 e.